The summed E-state index contributed by atoms with van der Waals surface area (Å²) in [6.07, 6.45) is -0.170. The highest BCUT2D eigenvalue weighted by molar-refractivity contribution is 9.10. The van der Waals surface area contributed by atoms with Gasteiger partial charge in [0.2, 0.25) is 0 Å². The molecule has 25 heavy (non-hydrogen) atoms. The van der Waals surface area contributed by atoms with Crippen LogP contribution in [0.3, 0.4) is 0 Å². The number of hydrazine groups is 1. The second-order valence-corrected chi connectivity index (χ2v) is 8.93. The van der Waals surface area contributed by atoms with E-state index in [1.807, 2.05) is 39.0 Å². The molecule has 0 saturated carbocycles. The van der Waals surface area contributed by atoms with Gasteiger partial charge in [0.25, 0.3) is 0 Å². The molecular formula is C18H25BrN2O4. The van der Waals surface area contributed by atoms with Crippen molar-refractivity contribution in [3.05, 3.63) is 28.2 Å². The number of hydrogen-bond acceptors (Lipinski definition) is 5. The molecule has 6 nitrogen and oxygen atoms in total. The highest BCUT2D eigenvalue weighted by Crippen LogP contribution is 2.34. The zero-order chi connectivity index (χ0) is 19.0. The third-order valence-electron chi connectivity index (χ3n) is 3.32. The Balaban J connectivity index is 2.26. The summed E-state index contributed by atoms with van der Waals surface area (Å²) in [5.74, 6) is -0.393. The lowest BCUT2D eigenvalue weighted by Crippen LogP contribution is -2.52. The molecule has 1 aromatic rings. The number of rotatable bonds is 2. The first kappa shape index (κ1) is 19.6. The fourth-order valence-corrected chi connectivity index (χ4v) is 2.92. The molecule has 1 aromatic carbocycles. The van der Waals surface area contributed by atoms with Gasteiger partial charge in [-0.25, -0.2) is 15.0 Å². The van der Waals surface area contributed by atoms with Crippen LogP contribution in [0.5, 0.6) is 0 Å². The van der Waals surface area contributed by atoms with Crippen LogP contribution in [0.2, 0.25) is 0 Å². The first-order valence-electron chi connectivity index (χ1n) is 8.16. The maximum Gasteiger partial charge on any atom is 0.426 e. The van der Waals surface area contributed by atoms with Gasteiger partial charge in [0.05, 0.1) is 5.69 Å². The number of esters is 1. The van der Waals surface area contributed by atoms with Gasteiger partial charge in [-0.05, 0) is 65.3 Å². The Kier molecular flexibility index (Phi) is 5.37. The van der Waals surface area contributed by atoms with Gasteiger partial charge >= 0.3 is 12.1 Å². The van der Waals surface area contributed by atoms with Gasteiger partial charge in [-0.3, -0.25) is 5.01 Å². The van der Waals surface area contributed by atoms with Gasteiger partial charge in [-0.2, -0.15) is 0 Å². The van der Waals surface area contributed by atoms with Crippen molar-refractivity contribution in [2.75, 3.05) is 5.01 Å². The molecule has 1 unspecified atom stereocenters. The molecule has 1 aliphatic rings. The summed E-state index contributed by atoms with van der Waals surface area (Å²) < 4.78 is 11.7. The normalized spacial score (nSPS) is 17.1. The van der Waals surface area contributed by atoms with E-state index in [2.05, 4.69) is 21.4 Å². The number of nitrogens with zero attached hydrogens (tertiary/aromatic N) is 1. The molecule has 1 aliphatic heterocycles. The molecule has 0 saturated heterocycles. The zero-order valence-corrected chi connectivity index (χ0v) is 17.1. The van der Waals surface area contributed by atoms with Crippen LogP contribution in [0.4, 0.5) is 10.5 Å². The lowest BCUT2D eigenvalue weighted by atomic mass is 10.1. The van der Waals surface area contributed by atoms with Gasteiger partial charge in [0.1, 0.15) is 11.2 Å². The standard InChI is InChI=1S/C18H25BrN2O4/c1-17(2,3)24-15(22)14-10-11-9-12(19)7-8-13(11)21(14)20-16(23)25-18(4,5)6/h7-9,14H,10H2,1-6H3,(H,20,23). The Morgan fingerprint density at radius 1 is 1.12 bits per heavy atom. The van der Waals surface area contributed by atoms with E-state index in [9.17, 15) is 9.59 Å². The summed E-state index contributed by atoms with van der Waals surface area (Å²) in [6.45, 7) is 10.8. The Morgan fingerprint density at radius 3 is 2.28 bits per heavy atom. The van der Waals surface area contributed by atoms with E-state index < -0.39 is 29.3 Å². The summed E-state index contributed by atoms with van der Waals surface area (Å²) in [4.78, 5) is 24.8. The fourth-order valence-electron chi connectivity index (χ4n) is 2.52. The van der Waals surface area contributed by atoms with Gasteiger partial charge in [0.15, 0.2) is 6.04 Å². The van der Waals surface area contributed by atoms with Crippen LogP contribution >= 0.6 is 15.9 Å². The molecular weight excluding hydrogens is 388 g/mol. The zero-order valence-electron chi connectivity index (χ0n) is 15.5. The second-order valence-electron chi connectivity index (χ2n) is 8.01. The predicted molar refractivity (Wildman–Crippen MR) is 99.3 cm³/mol. The first-order chi connectivity index (χ1) is 11.4. The minimum Gasteiger partial charge on any atom is -0.458 e. The van der Waals surface area contributed by atoms with E-state index >= 15 is 0 Å². The Hall–Kier alpha value is -1.76. The van der Waals surface area contributed by atoms with Crippen LogP contribution in [-0.4, -0.2) is 29.3 Å². The molecule has 1 heterocycles. The van der Waals surface area contributed by atoms with E-state index in [1.165, 1.54) is 5.01 Å². The molecule has 0 fully saturated rings. The third kappa shape index (κ3) is 5.36. The van der Waals surface area contributed by atoms with Crippen LogP contribution in [0.1, 0.15) is 47.1 Å². The molecule has 1 atom stereocenters. The van der Waals surface area contributed by atoms with Crippen LogP contribution in [-0.2, 0) is 20.7 Å². The maximum atomic E-state index is 12.6. The van der Waals surface area contributed by atoms with Crippen molar-refractivity contribution >= 4 is 33.7 Å². The number of carbonyl (C=O) groups excluding carboxylic acids is 2. The number of amides is 1. The summed E-state index contributed by atoms with van der Waals surface area (Å²) >= 11 is 3.43. The van der Waals surface area contributed by atoms with Gasteiger partial charge < -0.3 is 9.47 Å². The van der Waals surface area contributed by atoms with Crippen molar-refractivity contribution in [2.45, 2.75) is 65.2 Å². The molecule has 1 N–H and O–H groups in total. The molecule has 7 heteroatoms. The van der Waals surface area contributed by atoms with Gasteiger partial charge in [-0.1, -0.05) is 15.9 Å². The second kappa shape index (κ2) is 6.86. The quantitative estimate of drug-likeness (QED) is 0.744. The lowest BCUT2D eigenvalue weighted by molar-refractivity contribution is -0.156. The molecule has 0 bridgehead atoms. The Morgan fingerprint density at radius 2 is 1.72 bits per heavy atom. The number of carbonyl (C=O) groups is 2. The number of hydrogen-bond donors (Lipinski definition) is 1. The number of ether oxygens (including phenoxy) is 2. The van der Waals surface area contributed by atoms with Crippen LogP contribution in [0, 0.1) is 0 Å². The number of anilines is 1. The van der Waals surface area contributed by atoms with Crippen molar-refractivity contribution in [3.63, 3.8) is 0 Å². The fraction of sp³-hybridized carbons (Fsp3) is 0.556. The van der Waals surface area contributed by atoms with Crippen LogP contribution in [0.15, 0.2) is 22.7 Å². The summed E-state index contributed by atoms with van der Waals surface area (Å²) in [7, 11) is 0. The first-order valence-corrected chi connectivity index (χ1v) is 8.95. The Bertz CT molecular complexity index is 677. The Labute approximate surface area is 157 Å². The van der Waals surface area contributed by atoms with Crippen molar-refractivity contribution in [3.8, 4) is 0 Å². The minimum atomic E-state index is -0.643. The lowest BCUT2D eigenvalue weighted by Gasteiger charge is -2.30. The van der Waals surface area contributed by atoms with E-state index in [1.54, 1.807) is 20.8 Å². The average Bonchev–Trinajstić information content (AvgIpc) is 2.72. The van der Waals surface area contributed by atoms with Crippen LogP contribution < -0.4 is 10.4 Å². The largest absolute Gasteiger partial charge is 0.458 e. The average molecular weight is 413 g/mol. The molecule has 0 radical (unpaired) electrons. The highest BCUT2D eigenvalue weighted by Gasteiger charge is 2.39. The molecule has 138 valence electrons. The number of benzene rings is 1. The number of fused-ring (bicyclic) bond motifs is 1. The summed E-state index contributed by atoms with van der Waals surface area (Å²) in [5.41, 5.74) is 3.15. The molecule has 1 amide bonds. The van der Waals surface area contributed by atoms with Crippen molar-refractivity contribution < 1.29 is 19.1 Å². The van der Waals surface area contributed by atoms with Crippen molar-refractivity contribution in [1.82, 2.24) is 5.43 Å². The third-order valence-corrected chi connectivity index (χ3v) is 3.81. The van der Waals surface area contributed by atoms with E-state index in [-0.39, 0.29) is 0 Å². The monoisotopic (exact) mass is 412 g/mol. The topological polar surface area (TPSA) is 67.9 Å². The highest BCUT2D eigenvalue weighted by atomic mass is 79.9. The van der Waals surface area contributed by atoms with Gasteiger partial charge in [-0.15, -0.1) is 0 Å². The van der Waals surface area contributed by atoms with E-state index in [0.29, 0.717) is 6.42 Å². The molecule has 2 rings (SSSR count). The SMILES string of the molecule is CC(C)(C)OC(=O)NN1c2ccc(Br)cc2CC1C(=O)OC(C)(C)C. The minimum absolute atomic E-state index is 0.393. The van der Waals surface area contributed by atoms with E-state index in [0.717, 1.165) is 15.7 Å². The van der Waals surface area contributed by atoms with Gasteiger partial charge in [0, 0.05) is 10.9 Å². The van der Waals surface area contributed by atoms with E-state index in [4.69, 9.17) is 9.47 Å². The number of halogens is 1. The van der Waals surface area contributed by atoms with Crippen molar-refractivity contribution in [1.29, 1.82) is 0 Å². The summed E-state index contributed by atoms with van der Waals surface area (Å²) in [5, 5.41) is 1.53. The predicted octanol–water partition coefficient (Wildman–Crippen LogP) is 3.96. The summed E-state index contributed by atoms with van der Waals surface area (Å²) in [6, 6.07) is 5.00. The molecule has 0 aliphatic carbocycles. The maximum absolute atomic E-state index is 12.6. The van der Waals surface area contributed by atoms with Crippen molar-refractivity contribution in [2.24, 2.45) is 0 Å². The smallest absolute Gasteiger partial charge is 0.426 e. The number of nitrogens with one attached hydrogen (secondary N) is 1. The molecule has 0 spiro atoms. The van der Waals surface area contributed by atoms with Crippen LogP contribution in [0.25, 0.3) is 0 Å². The molecule has 0 aromatic heterocycles.